The van der Waals surface area contributed by atoms with Gasteiger partial charge in [0.15, 0.2) is 0 Å². The Bertz CT molecular complexity index is 560. The van der Waals surface area contributed by atoms with Crippen molar-refractivity contribution < 1.29 is 4.74 Å². The van der Waals surface area contributed by atoms with Crippen molar-refractivity contribution in [1.82, 2.24) is 9.55 Å². The highest BCUT2D eigenvalue weighted by atomic mass is 16.5. The molecule has 0 radical (unpaired) electrons. The zero-order valence-electron chi connectivity index (χ0n) is 12.5. The summed E-state index contributed by atoms with van der Waals surface area (Å²) in [4.78, 5) is 4.35. The fourth-order valence-electron chi connectivity index (χ4n) is 3.18. The van der Waals surface area contributed by atoms with Gasteiger partial charge in [0.2, 0.25) is 0 Å². The molecule has 3 rings (SSSR count). The molecule has 0 saturated carbocycles. The van der Waals surface area contributed by atoms with E-state index < -0.39 is 0 Å². The normalized spacial score (nSPS) is 21.3. The lowest BCUT2D eigenvalue weighted by molar-refractivity contribution is 0.180. The Hall–Kier alpha value is -1.65. The number of imidazole rings is 1. The quantitative estimate of drug-likeness (QED) is 0.919. The molecular weight excluding hydrogens is 262 g/mol. The second kappa shape index (κ2) is 6.41. The predicted octanol–water partition coefficient (Wildman–Crippen LogP) is 2.92. The highest BCUT2D eigenvalue weighted by molar-refractivity contribution is 5.22. The summed E-state index contributed by atoms with van der Waals surface area (Å²) in [5.41, 5.74) is 8.89. The Morgan fingerprint density at radius 3 is 2.86 bits per heavy atom. The van der Waals surface area contributed by atoms with Gasteiger partial charge in [0.1, 0.15) is 0 Å². The molecule has 3 unspecified atom stereocenters. The first-order valence-electron chi connectivity index (χ1n) is 7.71. The van der Waals surface area contributed by atoms with Gasteiger partial charge in [-0.1, -0.05) is 37.3 Å². The molecule has 2 N–H and O–H groups in total. The summed E-state index contributed by atoms with van der Waals surface area (Å²) in [5.74, 6) is 0.397. The molecule has 112 valence electrons. The minimum Gasteiger partial charge on any atom is -0.381 e. The minimum atomic E-state index is -0.00670. The van der Waals surface area contributed by atoms with E-state index in [1.165, 1.54) is 5.56 Å². The molecule has 1 aromatic heterocycles. The van der Waals surface area contributed by atoms with Crippen LogP contribution in [0.4, 0.5) is 0 Å². The summed E-state index contributed by atoms with van der Waals surface area (Å²) >= 11 is 0. The van der Waals surface area contributed by atoms with Crippen LogP contribution >= 0.6 is 0 Å². The van der Waals surface area contributed by atoms with Crippen molar-refractivity contribution >= 4 is 0 Å². The second-order valence-corrected chi connectivity index (χ2v) is 5.71. The molecule has 1 saturated heterocycles. The van der Waals surface area contributed by atoms with Gasteiger partial charge in [-0.15, -0.1) is 0 Å². The molecule has 1 fully saturated rings. The van der Waals surface area contributed by atoms with Crippen molar-refractivity contribution in [3.63, 3.8) is 0 Å². The van der Waals surface area contributed by atoms with Crippen molar-refractivity contribution in [2.75, 3.05) is 13.2 Å². The van der Waals surface area contributed by atoms with E-state index in [1.54, 1.807) is 0 Å². The molecule has 0 amide bonds. The number of aromatic nitrogens is 2. The summed E-state index contributed by atoms with van der Waals surface area (Å²) in [7, 11) is 0. The van der Waals surface area contributed by atoms with E-state index in [2.05, 4.69) is 40.7 Å². The topological polar surface area (TPSA) is 53.1 Å². The molecule has 2 aromatic rings. The van der Waals surface area contributed by atoms with Crippen molar-refractivity contribution in [2.24, 2.45) is 11.7 Å². The molecule has 4 heteroatoms. The molecule has 0 spiro atoms. The number of nitrogens with zero attached hydrogens (tertiary/aromatic N) is 2. The highest BCUT2D eigenvalue weighted by Crippen LogP contribution is 2.30. The smallest absolute Gasteiger partial charge is 0.0954 e. The Labute approximate surface area is 125 Å². The van der Waals surface area contributed by atoms with Crippen molar-refractivity contribution in [3.05, 3.63) is 54.1 Å². The van der Waals surface area contributed by atoms with Crippen LogP contribution in [0.2, 0.25) is 0 Å². The Morgan fingerprint density at radius 2 is 2.19 bits per heavy atom. The van der Waals surface area contributed by atoms with Gasteiger partial charge in [-0.25, -0.2) is 4.98 Å². The molecule has 1 aromatic carbocycles. The summed E-state index contributed by atoms with van der Waals surface area (Å²) in [6.07, 6.45) is 5.87. The van der Waals surface area contributed by atoms with Gasteiger partial charge < -0.3 is 15.0 Å². The van der Waals surface area contributed by atoms with Crippen LogP contribution in [0.15, 0.2) is 42.9 Å². The zero-order chi connectivity index (χ0) is 14.7. The molecule has 1 aliphatic heterocycles. The number of rotatable bonds is 5. The van der Waals surface area contributed by atoms with Gasteiger partial charge in [0.25, 0.3) is 0 Å². The maximum atomic E-state index is 6.48. The van der Waals surface area contributed by atoms with Gasteiger partial charge in [-0.3, -0.25) is 0 Å². The van der Waals surface area contributed by atoms with Gasteiger partial charge in [-0.2, -0.15) is 0 Å². The molecule has 4 nitrogen and oxygen atoms in total. The number of benzene rings is 1. The SMILES string of the molecule is CCC(c1ccccc1)n1cncc1C(N)C1CCOC1. The van der Waals surface area contributed by atoms with Crippen LogP contribution in [0, 0.1) is 5.92 Å². The molecule has 0 aliphatic carbocycles. The van der Waals surface area contributed by atoms with Gasteiger partial charge >= 0.3 is 0 Å². The first-order chi connectivity index (χ1) is 10.3. The van der Waals surface area contributed by atoms with Crippen LogP contribution in [0.25, 0.3) is 0 Å². The first-order valence-corrected chi connectivity index (χ1v) is 7.71. The summed E-state index contributed by atoms with van der Waals surface area (Å²) in [6.45, 7) is 3.78. The number of nitrogens with two attached hydrogens (primary N) is 1. The third-order valence-corrected chi connectivity index (χ3v) is 4.42. The third kappa shape index (κ3) is 2.87. The van der Waals surface area contributed by atoms with Crippen molar-refractivity contribution in [1.29, 1.82) is 0 Å². The van der Waals surface area contributed by atoms with Gasteiger partial charge in [0.05, 0.1) is 30.7 Å². The van der Waals surface area contributed by atoms with E-state index >= 15 is 0 Å². The molecule has 2 heterocycles. The van der Waals surface area contributed by atoms with E-state index in [-0.39, 0.29) is 12.1 Å². The highest BCUT2D eigenvalue weighted by Gasteiger charge is 2.27. The minimum absolute atomic E-state index is 0.00670. The standard InChI is InChI=1S/C17H23N3O/c1-2-15(13-6-4-3-5-7-13)20-12-19-10-16(20)17(18)14-8-9-21-11-14/h3-7,10,12,14-15,17H,2,8-9,11,18H2,1H3. The summed E-state index contributed by atoms with van der Waals surface area (Å²) < 4.78 is 7.71. The lowest BCUT2D eigenvalue weighted by Crippen LogP contribution is -2.26. The van der Waals surface area contributed by atoms with Gasteiger partial charge in [-0.05, 0) is 18.4 Å². The Kier molecular flexibility index (Phi) is 4.36. The van der Waals surface area contributed by atoms with E-state index in [9.17, 15) is 0 Å². The van der Waals surface area contributed by atoms with Crippen LogP contribution in [-0.4, -0.2) is 22.8 Å². The lowest BCUT2D eigenvalue weighted by Gasteiger charge is -2.25. The average molecular weight is 285 g/mol. The van der Waals surface area contributed by atoms with Crippen LogP contribution in [0.5, 0.6) is 0 Å². The number of ether oxygens (including phenoxy) is 1. The maximum Gasteiger partial charge on any atom is 0.0954 e. The second-order valence-electron chi connectivity index (χ2n) is 5.71. The van der Waals surface area contributed by atoms with E-state index in [0.717, 1.165) is 31.7 Å². The molecule has 21 heavy (non-hydrogen) atoms. The Balaban J connectivity index is 1.90. The van der Waals surface area contributed by atoms with Gasteiger partial charge in [0, 0.05) is 18.7 Å². The Morgan fingerprint density at radius 1 is 1.38 bits per heavy atom. The molecule has 3 atom stereocenters. The number of hydrogen-bond acceptors (Lipinski definition) is 3. The fourth-order valence-corrected chi connectivity index (χ4v) is 3.18. The van der Waals surface area contributed by atoms with E-state index in [4.69, 9.17) is 10.5 Å². The van der Waals surface area contributed by atoms with E-state index in [0.29, 0.717) is 5.92 Å². The maximum absolute atomic E-state index is 6.48. The average Bonchev–Trinajstić information content (AvgIpc) is 3.20. The number of hydrogen-bond donors (Lipinski definition) is 1. The van der Waals surface area contributed by atoms with Crippen LogP contribution in [0.1, 0.15) is 43.1 Å². The lowest BCUT2D eigenvalue weighted by atomic mass is 9.96. The van der Waals surface area contributed by atoms with E-state index in [1.807, 2.05) is 18.6 Å². The van der Waals surface area contributed by atoms with Crippen LogP contribution < -0.4 is 5.73 Å². The molecular formula is C17H23N3O. The molecule has 0 bridgehead atoms. The predicted molar refractivity (Wildman–Crippen MR) is 83.0 cm³/mol. The summed E-state index contributed by atoms with van der Waals surface area (Å²) in [5, 5.41) is 0. The van der Waals surface area contributed by atoms with Crippen LogP contribution in [0.3, 0.4) is 0 Å². The zero-order valence-corrected chi connectivity index (χ0v) is 12.5. The van der Waals surface area contributed by atoms with Crippen LogP contribution in [-0.2, 0) is 4.74 Å². The fraction of sp³-hybridized carbons (Fsp3) is 0.471. The largest absolute Gasteiger partial charge is 0.381 e. The first kappa shape index (κ1) is 14.3. The molecule has 1 aliphatic rings. The monoisotopic (exact) mass is 285 g/mol. The summed E-state index contributed by atoms with van der Waals surface area (Å²) in [6, 6.07) is 10.8. The van der Waals surface area contributed by atoms with Crippen molar-refractivity contribution in [3.8, 4) is 0 Å². The third-order valence-electron chi connectivity index (χ3n) is 4.42. The van der Waals surface area contributed by atoms with Crippen molar-refractivity contribution in [2.45, 2.75) is 31.8 Å².